The summed E-state index contributed by atoms with van der Waals surface area (Å²) in [5.74, 6) is -0.650. The van der Waals surface area contributed by atoms with E-state index in [1.807, 2.05) is 0 Å². The van der Waals surface area contributed by atoms with Crippen LogP contribution in [0.3, 0.4) is 0 Å². The number of methoxy groups -OCH3 is 1. The molecule has 1 aromatic carbocycles. The molecule has 0 heterocycles. The fourth-order valence-electron chi connectivity index (χ4n) is 1.24. The predicted molar refractivity (Wildman–Crippen MR) is 59.1 cm³/mol. The Morgan fingerprint density at radius 2 is 2.25 bits per heavy atom. The number of carbonyl (C=O) groups is 1. The van der Waals surface area contributed by atoms with E-state index >= 15 is 0 Å². The molecular formula is C9H9ClN2O4. The first-order valence-corrected chi connectivity index (χ1v) is 4.75. The van der Waals surface area contributed by atoms with Crippen molar-refractivity contribution in [2.75, 3.05) is 18.7 Å². The molecule has 0 fully saturated rings. The van der Waals surface area contributed by atoms with E-state index in [2.05, 4.69) is 0 Å². The highest BCUT2D eigenvalue weighted by atomic mass is 35.5. The standard InChI is InChI=1S/C9H9ClN2O4/c1-16-5-2-6(8(13)4-10)9(12(14)15)7(11)3-5/h2-3H,4,11H2,1H3. The molecule has 0 bridgehead atoms. The van der Waals surface area contributed by atoms with Gasteiger partial charge in [-0.1, -0.05) is 0 Å². The van der Waals surface area contributed by atoms with Crippen molar-refractivity contribution in [1.82, 2.24) is 0 Å². The third-order valence-corrected chi connectivity index (χ3v) is 2.20. The molecule has 1 aromatic rings. The van der Waals surface area contributed by atoms with Crippen LogP contribution in [0.2, 0.25) is 0 Å². The number of hydrogen-bond acceptors (Lipinski definition) is 5. The fraction of sp³-hybridized carbons (Fsp3) is 0.222. The molecule has 0 aromatic heterocycles. The molecule has 0 radical (unpaired) electrons. The summed E-state index contributed by atoms with van der Waals surface area (Å²) in [5.41, 5.74) is 4.77. The number of halogens is 1. The number of nitrogens with zero attached hydrogens (tertiary/aromatic N) is 1. The number of anilines is 1. The van der Waals surface area contributed by atoms with Crippen LogP contribution in [-0.4, -0.2) is 23.7 Å². The smallest absolute Gasteiger partial charge is 0.303 e. The van der Waals surface area contributed by atoms with Gasteiger partial charge in [-0.3, -0.25) is 14.9 Å². The van der Waals surface area contributed by atoms with Crippen LogP contribution in [0, 0.1) is 10.1 Å². The van der Waals surface area contributed by atoms with Crippen molar-refractivity contribution >= 4 is 28.8 Å². The highest BCUT2D eigenvalue weighted by Gasteiger charge is 2.24. The van der Waals surface area contributed by atoms with Gasteiger partial charge in [0.2, 0.25) is 0 Å². The molecule has 16 heavy (non-hydrogen) atoms. The zero-order valence-corrected chi connectivity index (χ0v) is 9.15. The number of nitro benzene ring substituents is 1. The van der Waals surface area contributed by atoms with Gasteiger partial charge in [0.05, 0.1) is 17.9 Å². The predicted octanol–water partition coefficient (Wildman–Crippen LogP) is 1.61. The minimum absolute atomic E-state index is 0.127. The summed E-state index contributed by atoms with van der Waals surface area (Å²) in [5, 5.41) is 10.8. The first-order chi connectivity index (χ1) is 7.51. The summed E-state index contributed by atoms with van der Waals surface area (Å²) in [6, 6.07) is 2.53. The lowest BCUT2D eigenvalue weighted by atomic mass is 10.1. The van der Waals surface area contributed by atoms with Crippen molar-refractivity contribution in [1.29, 1.82) is 0 Å². The maximum Gasteiger partial charge on any atom is 0.303 e. The van der Waals surface area contributed by atoms with Gasteiger partial charge < -0.3 is 10.5 Å². The van der Waals surface area contributed by atoms with E-state index in [1.54, 1.807) is 0 Å². The lowest BCUT2D eigenvalue weighted by Gasteiger charge is -2.06. The van der Waals surface area contributed by atoms with Crippen LogP contribution in [0.1, 0.15) is 10.4 Å². The van der Waals surface area contributed by atoms with E-state index in [0.717, 1.165) is 0 Å². The number of ether oxygens (including phenoxy) is 1. The number of ketones is 1. The number of nitro groups is 1. The van der Waals surface area contributed by atoms with E-state index in [9.17, 15) is 14.9 Å². The van der Waals surface area contributed by atoms with Gasteiger partial charge in [-0.15, -0.1) is 11.6 Å². The van der Waals surface area contributed by atoms with Crippen LogP contribution in [0.4, 0.5) is 11.4 Å². The largest absolute Gasteiger partial charge is 0.497 e. The number of nitrogens with two attached hydrogens (primary N) is 1. The average Bonchev–Trinajstić information content (AvgIpc) is 2.26. The highest BCUT2D eigenvalue weighted by molar-refractivity contribution is 6.31. The molecule has 0 aliphatic rings. The molecular weight excluding hydrogens is 236 g/mol. The Morgan fingerprint density at radius 1 is 1.62 bits per heavy atom. The Labute approximate surface area is 96.1 Å². The Morgan fingerprint density at radius 3 is 2.69 bits per heavy atom. The molecule has 0 unspecified atom stereocenters. The zero-order chi connectivity index (χ0) is 12.3. The van der Waals surface area contributed by atoms with Crippen molar-refractivity contribution in [3.63, 3.8) is 0 Å². The second kappa shape index (κ2) is 4.80. The van der Waals surface area contributed by atoms with Crippen molar-refractivity contribution in [3.8, 4) is 5.75 Å². The summed E-state index contributed by atoms with van der Waals surface area (Å²) in [4.78, 5) is 21.4. The lowest BCUT2D eigenvalue weighted by molar-refractivity contribution is -0.384. The first kappa shape index (κ1) is 12.3. The second-order valence-electron chi connectivity index (χ2n) is 2.93. The molecule has 0 amide bonds. The summed E-state index contributed by atoms with van der Waals surface area (Å²) in [6.45, 7) is 0. The number of Topliss-reactive ketones (excluding diaryl/α,β-unsaturated/α-hetero) is 1. The maximum absolute atomic E-state index is 11.4. The molecule has 0 aliphatic heterocycles. The third-order valence-electron chi connectivity index (χ3n) is 1.95. The monoisotopic (exact) mass is 244 g/mol. The highest BCUT2D eigenvalue weighted by Crippen LogP contribution is 2.31. The number of hydrogen-bond donors (Lipinski definition) is 1. The molecule has 7 heteroatoms. The topological polar surface area (TPSA) is 95.5 Å². The van der Waals surface area contributed by atoms with Gasteiger partial charge in [0.15, 0.2) is 5.78 Å². The van der Waals surface area contributed by atoms with Gasteiger partial charge in [0.1, 0.15) is 17.0 Å². The average molecular weight is 245 g/mol. The van der Waals surface area contributed by atoms with E-state index in [-0.39, 0.29) is 22.9 Å². The second-order valence-corrected chi connectivity index (χ2v) is 3.19. The number of alkyl halides is 1. The molecule has 0 atom stereocenters. The van der Waals surface area contributed by atoms with Crippen LogP contribution in [0.15, 0.2) is 12.1 Å². The Bertz CT molecular complexity index is 447. The molecule has 0 aliphatic carbocycles. The van der Waals surface area contributed by atoms with Gasteiger partial charge in [-0.2, -0.15) is 0 Å². The van der Waals surface area contributed by atoms with Crippen LogP contribution in [-0.2, 0) is 0 Å². The summed E-state index contributed by atoms with van der Waals surface area (Å²) < 4.78 is 4.87. The fourth-order valence-corrected chi connectivity index (χ4v) is 1.38. The molecule has 0 spiro atoms. The van der Waals surface area contributed by atoms with E-state index in [4.69, 9.17) is 22.1 Å². The summed E-state index contributed by atoms with van der Waals surface area (Å²) in [6.07, 6.45) is 0. The van der Waals surface area contributed by atoms with Gasteiger partial charge in [-0.05, 0) is 6.07 Å². The number of carbonyl (C=O) groups excluding carboxylic acids is 1. The Kier molecular flexibility index (Phi) is 3.68. The van der Waals surface area contributed by atoms with Crippen molar-refractivity contribution in [2.45, 2.75) is 0 Å². The molecule has 2 N–H and O–H groups in total. The van der Waals surface area contributed by atoms with Gasteiger partial charge in [0, 0.05) is 6.07 Å². The van der Waals surface area contributed by atoms with Crippen LogP contribution < -0.4 is 10.5 Å². The van der Waals surface area contributed by atoms with Gasteiger partial charge in [-0.25, -0.2) is 0 Å². The third kappa shape index (κ3) is 2.22. The van der Waals surface area contributed by atoms with E-state index in [1.165, 1.54) is 19.2 Å². The van der Waals surface area contributed by atoms with Crippen molar-refractivity contribution in [3.05, 3.63) is 27.8 Å². The van der Waals surface area contributed by atoms with Crippen LogP contribution in [0.25, 0.3) is 0 Å². The van der Waals surface area contributed by atoms with Crippen LogP contribution in [0.5, 0.6) is 5.75 Å². The molecule has 0 saturated heterocycles. The molecule has 1 rings (SSSR count). The van der Waals surface area contributed by atoms with Crippen LogP contribution >= 0.6 is 11.6 Å². The molecule has 0 saturated carbocycles. The number of rotatable bonds is 4. The van der Waals surface area contributed by atoms with Gasteiger partial charge in [0.25, 0.3) is 0 Å². The number of nitrogen functional groups attached to an aromatic ring is 1. The summed E-state index contributed by atoms with van der Waals surface area (Å²) >= 11 is 5.36. The molecule has 86 valence electrons. The molecule has 6 nitrogen and oxygen atoms in total. The van der Waals surface area contributed by atoms with E-state index < -0.39 is 16.4 Å². The Balaban J connectivity index is 3.46. The normalized spacial score (nSPS) is 9.88. The quantitative estimate of drug-likeness (QED) is 0.285. The lowest BCUT2D eigenvalue weighted by Crippen LogP contribution is -2.08. The van der Waals surface area contributed by atoms with Crippen molar-refractivity contribution < 1.29 is 14.5 Å². The minimum atomic E-state index is -0.714. The first-order valence-electron chi connectivity index (χ1n) is 4.22. The summed E-state index contributed by atoms with van der Waals surface area (Å²) in [7, 11) is 1.37. The Hall–Kier alpha value is -1.82. The van der Waals surface area contributed by atoms with Crippen molar-refractivity contribution in [2.24, 2.45) is 0 Å². The SMILES string of the molecule is COc1cc(N)c([N+](=O)[O-])c(C(=O)CCl)c1. The minimum Gasteiger partial charge on any atom is -0.497 e. The zero-order valence-electron chi connectivity index (χ0n) is 8.40. The maximum atomic E-state index is 11.4. The van der Waals surface area contributed by atoms with Gasteiger partial charge >= 0.3 is 5.69 Å². The van der Waals surface area contributed by atoms with E-state index in [0.29, 0.717) is 0 Å². The number of benzene rings is 1.